The van der Waals surface area contributed by atoms with Gasteiger partial charge in [-0.1, -0.05) is 23.2 Å². The quantitative estimate of drug-likeness (QED) is 0.608. The molecule has 0 unspecified atom stereocenters. The fourth-order valence-corrected chi connectivity index (χ4v) is 2.75. The van der Waals surface area contributed by atoms with Crippen molar-refractivity contribution in [2.24, 2.45) is 0 Å². The van der Waals surface area contributed by atoms with Crippen LogP contribution >= 0.6 is 34.5 Å². The van der Waals surface area contributed by atoms with Crippen LogP contribution in [0.25, 0.3) is 10.1 Å². The second-order valence-corrected chi connectivity index (χ2v) is 4.35. The summed E-state index contributed by atoms with van der Waals surface area (Å²) in [6.45, 7) is 1.97. The van der Waals surface area contributed by atoms with Crippen LogP contribution in [0.3, 0.4) is 0 Å². The summed E-state index contributed by atoms with van der Waals surface area (Å²) in [4.78, 5) is 0. The molecule has 1 aromatic carbocycles. The summed E-state index contributed by atoms with van der Waals surface area (Å²) in [5, 5.41) is 4.66. The number of hydrogen-bond acceptors (Lipinski definition) is 1. The van der Waals surface area contributed by atoms with Crippen LogP contribution < -0.4 is 0 Å². The lowest BCUT2D eigenvalue weighted by Gasteiger charge is -2.00. The standard InChI is InChI=1S/C9H6Cl2S/c1-5-4-7(10)6-2-3-12-9(6)8(5)11/h2-4H,1H3. The Morgan fingerprint density at radius 3 is 2.83 bits per heavy atom. The van der Waals surface area contributed by atoms with Gasteiger partial charge in [0.25, 0.3) is 0 Å². The molecule has 1 aromatic heterocycles. The minimum Gasteiger partial charge on any atom is -0.142 e. The van der Waals surface area contributed by atoms with Crippen LogP contribution in [-0.4, -0.2) is 0 Å². The van der Waals surface area contributed by atoms with Crippen molar-refractivity contribution in [2.45, 2.75) is 6.92 Å². The van der Waals surface area contributed by atoms with Gasteiger partial charge in [-0.05, 0) is 30.0 Å². The maximum Gasteiger partial charge on any atom is 0.0614 e. The number of hydrogen-bond donors (Lipinski definition) is 0. The van der Waals surface area contributed by atoms with Gasteiger partial charge in [0, 0.05) is 10.4 Å². The molecule has 0 N–H and O–H groups in total. The summed E-state index contributed by atoms with van der Waals surface area (Å²) in [5.41, 5.74) is 1.04. The molecule has 12 heavy (non-hydrogen) atoms. The Kier molecular flexibility index (Phi) is 2.03. The van der Waals surface area contributed by atoms with Crippen molar-refractivity contribution in [3.63, 3.8) is 0 Å². The van der Waals surface area contributed by atoms with E-state index in [2.05, 4.69) is 0 Å². The van der Waals surface area contributed by atoms with Gasteiger partial charge in [0.05, 0.1) is 9.72 Å². The third kappa shape index (κ3) is 1.13. The zero-order valence-corrected chi connectivity index (χ0v) is 8.72. The Morgan fingerprint density at radius 1 is 1.33 bits per heavy atom. The predicted octanol–water partition coefficient (Wildman–Crippen LogP) is 4.52. The highest BCUT2D eigenvalue weighted by atomic mass is 35.5. The molecule has 2 rings (SSSR count). The van der Waals surface area contributed by atoms with Crippen molar-refractivity contribution in [2.75, 3.05) is 0 Å². The molecule has 2 aromatic rings. The number of benzene rings is 1. The van der Waals surface area contributed by atoms with E-state index in [9.17, 15) is 0 Å². The molecule has 3 heteroatoms. The van der Waals surface area contributed by atoms with E-state index in [1.54, 1.807) is 11.3 Å². The van der Waals surface area contributed by atoms with Crippen molar-refractivity contribution in [1.82, 2.24) is 0 Å². The molecule has 0 nitrogen and oxygen atoms in total. The van der Waals surface area contributed by atoms with E-state index in [0.717, 1.165) is 25.7 Å². The van der Waals surface area contributed by atoms with Crippen LogP contribution in [0, 0.1) is 6.92 Å². The van der Waals surface area contributed by atoms with E-state index < -0.39 is 0 Å². The smallest absolute Gasteiger partial charge is 0.0614 e. The van der Waals surface area contributed by atoms with Crippen molar-refractivity contribution >= 4 is 44.6 Å². The third-order valence-corrected chi connectivity index (χ3v) is 3.66. The third-order valence-electron chi connectivity index (χ3n) is 1.81. The van der Waals surface area contributed by atoms with Gasteiger partial charge in [-0.2, -0.15) is 0 Å². The first-order valence-corrected chi connectivity index (χ1v) is 5.15. The predicted molar refractivity (Wildman–Crippen MR) is 56.6 cm³/mol. The Morgan fingerprint density at radius 2 is 2.08 bits per heavy atom. The first kappa shape index (κ1) is 8.36. The number of rotatable bonds is 0. The van der Waals surface area contributed by atoms with Gasteiger partial charge in [-0.25, -0.2) is 0 Å². The summed E-state index contributed by atoms with van der Waals surface area (Å²) < 4.78 is 1.08. The molecule has 0 amide bonds. The molecule has 0 aliphatic heterocycles. The SMILES string of the molecule is Cc1cc(Cl)c2ccsc2c1Cl. The Balaban J connectivity index is 2.97. The van der Waals surface area contributed by atoms with E-state index in [0.29, 0.717) is 0 Å². The minimum atomic E-state index is 0.785. The number of halogens is 2. The van der Waals surface area contributed by atoms with Gasteiger partial charge in [-0.3, -0.25) is 0 Å². The summed E-state index contributed by atoms with van der Waals surface area (Å²) in [5.74, 6) is 0. The topological polar surface area (TPSA) is 0 Å². The average Bonchev–Trinajstić information content (AvgIpc) is 2.48. The van der Waals surface area contributed by atoms with Gasteiger partial charge in [-0.15, -0.1) is 11.3 Å². The summed E-state index contributed by atoms with van der Waals surface area (Å²) in [6, 6.07) is 3.90. The maximum atomic E-state index is 6.09. The van der Waals surface area contributed by atoms with E-state index in [1.807, 2.05) is 24.4 Å². The van der Waals surface area contributed by atoms with Crippen LogP contribution in [0.5, 0.6) is 0 Å². The van der Waals surface area contributed by atoms with Gasteiger partial charge in [0.15, 0.2) is 0 Å². The lowest BCUT2D eigenvalue weighted by atomic mass is 10.2. The molecule has 0 spiro atoms. The molecular weight excluding hydrogens is 211 g/mol. The van der Waals surface area contributed by atoms with Crippen molar-refractivity contribution < 1.29 is 0 Å². The zero-order valence-electron chi connectivity index (χ0n) is 6.40. The highest BCUT2D eigenvalue weighted by Gasteiger charge is 2.06. The van der Waals surface area contributed by atoms with Crippen molar-refractivity contribution in [3.8, 4) is 0 Å². The lowest BCUT2D eigenvalue weighted by Crippen LogP contribution is -1.75. The number of fused-ring (bicyclic) bond motifs is 1. The summed E-state index contributed by atoms with van der Waals surface area (Å²) in [7, 11) is 0. The first-order valence-electron chi connectivity index (χ1n) is 3.52. The molecule has 62 valence electrons. The Bertz CT molecular complexity index is 431. The van der Waals surface area contributed by atoms with E-state index in [1.165, 1.54) is 0 Å². The fourth-order valence-electron chi connectivity index (χ4n) is 1.18. The van der Waals surface area contributed by atoms with Crippen LogP contribution in [0.2, 0.25) is 10.0 Å². The van der Waals surface area contributed by atoms with Crippen molar-refractivity contribution in [3.05, 3.63) is 33.1 Å². The highest BCUT2D eigenvalue weighted by Crippen LogP contribution is 2.36. The maximum absolute atomic E-state index is 6.09. The zero-order chi connectivity index (χ0) is 8.72. The molecule has 0 fully saturated rings. The van der Waals surface area contributed by atoms with E-state index >= 15 is 0 Å². The second kappa shape index (κ2) is 2.91. The molecule has 0 saturated carbocycles. The molecule has 0 atom stereocenters. The highest BCUT2D eigenvalue weighted by molar-refractivity contribution is 7.18. The van der Waals surface area contributed by atoms with Crippen LogP contribution in [0.1, 0.15) is 5.56 Å². The molecule has 1 heterocycles. The van der Waals surface area contributed by atoms with Crippen LogP contribution in [0.4, 0.5) is 0 Å². The van der Waals surface area contributed by atoms with Crippen molar-refractivity contribution in [1.29, 1.82) is 0 Å². The molecule has 0 radical (unpaired) electrons. The summed E-state index contributed by atoms with van der Waals surface area (Å²) >= 11 is 13.7. The van der Waals surface area contributed by atoms with Gasteiger partial charge in [0.2, 0.25) is 0 Å². The van der Waals surface area contributed by atoms with E-state index in [4.69, 9.17) is 23.2 Å². The van der Waals surface area contributed by atoms with Crippen LogP contribution in [0.15, 0.2) is 17.5 Å². The monoisotopic (exact) mass is 216 g/mol. The molecular formula is C9H6Cl2S. The second-order valence-electron chi connectivity index (χ2n) is 2.65. The van der Waals surface area contributed by atoms with Gasteiger partial charge >= 0.3 is 0 Å². The fraction of sp³-hybridized carbons (Fsp3) is 0.111. The Labute approximate surface area is 84.7 Å². The molecule has 0 bridgehead atoms. The number of thiophene rings is 1. The largest absolute Gasteiger partial charge is 0.142 e. The van der Waals surface area contributed by atoms with Crippen LogP contribution in [-0.2, 0) is 0 Å². The molecule has 0 aliphatic rings. The molecule has 0 saturated heterocycles. The minimum absolute atomic E-state index is 0.785. The normalized spacial score (nSPS) is 10.9. The summed E-state index contributed by atoms with van der Waals surface area (Å²) in [6.07, 6.45) is 0. The average molecular weight is 217 g/mol. The van der Waals surface area contributed by atoms with Gasteiger partial charge in [0.1, 0.15) is 0 Å². The van der Waals surface area contributed by atoms with E-state index in [-0.39, 0.29) is 0 Å². The number of aryl methyl sites for hydroxylation is 1. The Hall–Kier alpha value is -0.240. The lowest BCUT2D eigenvalue weighted by molar-refractivity contribution is 1.51. The first-order chi connectivity index (χ1) is 5.70. The van der Waals surface area contributed by atoms with Gasteiger partial charge < -0.3 is 0 Å². The molecule has 0 aliphatic carbocycles.